The molecule has 0 unspecified atom stereocenters. The monoisotopic (exact) mass is 424 g/mol. The summed E-state index contributed by atoms with van der Waals surface area (Å²) in [5.41, 5.74) is 2.36. The molecule has 4 rings (SSSR count). The number of anilines is 1. The number of aromatic nitrogens is 1. The number of nitrogens with one attached hydrogen (secondary N) is 1. The van der Waals surface area contributed by atoms with E-state index in [0.717, 1.165) is 26.5 Å². The fraction of sp³-hybridized carbons (Fsp3) is 0.0909. The van der Waals surface area contributed by atoms with E-state index >= 15 is 0 Å². The number of fused-ring (bicyclic) bond motifs is 1. The molecule has 0 aliphatic rings. The first-order valence-corrected chi connectivity index (χ1v) is 10.0. The second kappa shape index (κ2) is 8.51. The van der Waals surface area contributed by atoms with Gasteiger partial charge < -0.3 is 14.8 Å². The average Bonchev–Trinajstić information content (AvgIpc) is 3.18. The van der Waals surface area contributed by atoms with Crippen molar-refractivity contribution in [3.05, 3.63) is 71.8 Å². The van der Waals surface area contributed by atoms with Crippen LogP contribution < -0.4 is 14.8 Å². The minimum absolute atomic E-state index is 0.131. The van der Waals surface area contributed by atoms with Gasteiger partial charge in [-0.1, -0.05) is 29.8 Å². The first-order valence-electron chi connectivity index (χ1n) is 8.84. The van der Waals surface area contributed by atoms with Crippen molar-refractivity contribution in [2.24, 2.45) is 0 Å². The molecule has 4 aromatic rings. The minimum atomic E-state index is -0.302. The topological polar surface area (TPSA) is 60.5 Å². The van der Waals surface area contributed by atoms with Gasteiger partial charge in [-0.05, 0) is 48.5 Å². The molecule has 0 aliphatic heterocycles. The van der Waals surface area contributed by atoms with Crippen LogP contribution >= 0.6 is 22.9 Å². The number of carbonyl (C=O) groups excluding carboxylic acids is 1. The van der Waals surface area contributed by atoms with Gasteiger partial charge in [0.25, 0.3) is 5.91 Å². The van der Waals surface area contributed by atoms with E-state index in [1.807, 2.05) is 36.4 Å². The summed E-state index contributed by atoms with van der Waals surface area (Å²) in [7, 11) is 1.59. The van der Waals surface area contributed by atoms with Crippen molar-refractivity contribution in [1.82, 2.24) is 4.98 Å². The molecular weight excluding hydrogens is 408 g/mol. The second-order valence-corrected chi connectivity index (χ2v) is 7.63. The Morgan fingerprint density at radius 2 is 1.83 bits per heavy atom. The van der Waals surface area contributed by atoms with Gasteiger partial charge in [0.2, 0.25) is 0 Å². The molecule has 29 heavy (non-hydrogen) atoms. The first-order chi connectivity index (χ1) is 14.1. The van der Waals surface area contributed by atoms with Crippen LogP contribution in [-0.4, -0.2) is 24.6 Å². The largest absolute Gasteiger partial charge is 0.497 e. The standard InChI is InChI=1S/C22H17ClN2O3S/c1-27-15-7-9-16(10-8-15)28-13-21(26)24-19-12-14(6-11-17(19)23)22-25-18-4-2-3-5-20(18)29-22/h2-12H,13H2,1H3,(H,24,26). The number of methoxy groups -OCH3 is 1. The SMILES string of the molecule is COc1ccc(OCC(=O)Nc2cc(-c3nc4ccccc4s3)ccc2Cl)cc1. The zero-order valence-electron chi connectivity index (χ0n) is 15.5. The van der Waals surface area contributed by atoms with E-state index in [2.05, 4.69) is 10.3 Å². The van der Waals surface area contributed by atoms with Crippen LogP contribution in [0, 0.1) is 0 Å². The number of hydrogen-bond acceptors (Lipinski definition) is 5. The van der Waals surface area contributed by atoms with Gasteiger partial charge in [0.15, 0.2) is 6.61 Å². The molecule has 0 atom stereocenters. The van der Waals surface area contributed by atoms with E-state index in [9.17, 15) is 4.79 Å². The molecule has 5 nitrogen and oxygen atoms in total. The van der Waals surface area contributed by atoms with E-state index in [-0.39, 0.29) is 12.5 Å². The third-order valence-corrected chi connectivity index (χ3v) is 5.63. The van der Waals surface area contributed by atoms with E-state index in [0.29, 0.717) is 16.5 Å². The summed E-state index contributed by atoms with van der Waals surface area (Å²) in [4.78, 5) is 17.0. The van der Waals surface area contributed by atoms with Gasteiger partial charge in [0.05, 0.1) is 28.0 Å². The number of ether oxygens (including phenoxy) is 2. The smallest absolute Gasteiger partial charge is 0.262 e. The summed E-state index contributed by atoms with van der Waals surface area (Å²) in [6.07, 6.45) is 0. The summed E-state index contributed by atoms with van der Waals surface area (Å²) < 4.78 is 11.7. The number of rotatable bonds is 6. The lowest BCUT2D eigenvalue weighted by molar-refractivity contribution is -0.118. The van der Waals surface area contributed by atoms with Crippen LogP contribution in [0.2, 0.25) is 5.02 Å². The molecule has 7 heteroatoms. The molecule has 1 amide bonds. The molecule has 0 aliphatic carbocycles. The Kier molecular flexibility index (Phi) is 5.64. The molecule has 0 fully saturated rings. The van der Waals surface area contributed by atoms with E-state index < -0.39 is 0 Å². The number of amides is 1. The molecule has 1 aromatic heterocycles. The molecule has 0 spiro atoms. The van der Waals surface area contributed by atoms with Crippen LogP contribution in [0.5, 0.6) is 11.5 Å². The highest BCUT2D eigenvalue weighted by Crippen LogP contribution is 2.33. The van der Waals surface area contributed by atoms with Crippen LogP contribution in [0.4, 0.5) is 5.69 Å². The first kappa shape index (κ1) is 19.2. The lowest BCUT2D eigenvalue weighted by Gasteiger charge is -2.10. The van der Waals surface area contributed by atoms with Crippen LogP contribution in [0.1, 0.15) is 0 Å². The van der Waals surface area contributed by atoms with Crippen LogP contribution in [0.3, 0.4) is 0 Å². The molecular formula is C22H17ClN2O3S. The quantitative estimate of drug-likeness (QED) is 0.435. The van der Waals surface area contributed by atoms with Crippen LogP contribution in [0.15, 0.2) is 66.7 Å². The maximum Gasteiger partial charge on any atom is 0.262 e. The van der Waals surface area contributed by atoms with Crippen molar-refractivity contribution in [1.29, 1.82) is 0 Å². The van der Waals surface area contributed by atoms with Crippen molar-refractivity contribution in [2.45, 2.75) is 0 Å². The van der Waals surface area contributed by atoms with Crippen molar-refractivity contribution in [3.8, 4) is 22.1 Å². The molecule has 146 valence electrons. The lowest BCUT2D eigenvalue weighted by Crippen LogP contribution is -2.20. The molecule has 1 heterocycles. The number of nitrogens with zero attached hydrogens (tertiary/aromatic N) is 1. The Morgan fingerprint density at radius 1 is 1.07 bits per heavy atom. The third kappa shape index (κ3) is 4.50. The fourth-order valence-corrected chi connectivity index (χ4v) is 3.88. The molecule has 0 saturated heterocycles. The summed E-state index contributed by atoms with van der Waals surface area (Å²) in [5, 5.41) is 4.12. The normalized spacial score (nSPS) is 10.7. The summed E-state index contributed by atoms with van der Waals surface area (Å²) in [6.45, 7) is -0.131. The van der Waals surface area contributed by atoms with Crippen LogP contribution in [0.25, 0.3) is 20.8 Å². The summed E-state index contributed by atoms with van der Waals surface area (Å²) >= 11 is 7.86. The Bertz CT molecular complexity index is 1130. The summed E-state index contributed by atoms with van der Waals surface area (Å²) in [6, 6.07) is 20.5. The van der Waals surface area contributed by atoms with Gasteiger partial charge in [-0.3, -0.25) is 4.79 Å². The van der Waals surface area contributed by atoms with Gasteiger partial charge in [-0.25, -0.2) is 4.98 Å². The van der Waals surface area contributed by atoms with Gasteiger partial charge in [-0.2, -0.15) is 0 Å². The molecule has 0 radical (unpaired) electrons. The Balaban J connectivity index is 1.46. The third-order valence-electron chi connectivity index (χ3n) is 4.21. The van der Waals surface area contributed by atoms with Crippen molar-refractivity contribution < 1.29 is 14.3 Å². The zero-order valence-corrected chi connectivity index (χ0v) is 17.1. The average molecular weight is 425 g/mol. The highest BCUT2D eigenvalue weighted by atomic mass is 35.5. The Hall–Kier alpha value is -3.09. The van der Waals surface area contributed by atoms with Crippen LogP contribution in [-0.2, 0) is 4.79 Å². The zero-order chi connectivity index (χ0) is 20.2. The Morgan fingerprint density at radius 3 is 2.59 bits per heavy atom. The number of para-hydroxylation sites is 1. The predicted molar refractivity (Wildman–Crippen MR) is 117 cm³/mol. The number of hydrogen-bond donors (Lipinski definition) is 1. The number of carbonyl (C=O) groups is 1. The molecule has 0 saturated carbocycles. The van der Waals surface area contributed by atoms with Crippen molar-refractivity contribution >= 4 is 44.7 Å². The highest BCUT2D eigenvalue weighted by Gasteiger charge is 2.11. The number of thiazole rings is 1. The summed E-state index contributed by atoms with van der Waals surface area (Å²) in [5.74, 6) is 1.000. The number of benzene rings is 3. The van der Waals surface area contributed by atoms with Crippen molar-refractivity contribution in [2.75, 3.05) is 19.0 Å². The maximum atomic E-state index is 12.3. The second-order valence-electron chi connectivity index (χ2n) is 6.19. The van der Waals surface area contributed by atoms with Gasteiger partial charge in [-0.15, -0.1) is 11.3 Å². The highest BCUT2D eigenvalue weighted by molar-refractivity contribution is 7.21. The molecule has 0 bridgehead atoms. The van der Waals surface area contributed by atoms with Gasteiger partial charge in [0.1, 0.15) is 16.5 Å². The Labute approximate surface area is 176 Å². The predicted octanol–water partition coefficient (Wildman–Crippen LogP) is 5.64. The van der Waals surface area contributed by atoms with E-state index in [1.165, 1.54) is 0 Å². The molecule has 3 aromatic carbocycles. The minimum Gasteiger partial charge on any atom is -0.497 e. The lowest BCUT2D eigenvalue weighted by atomic mass is 10.2. The van der Waals surface area contributed by atoms with E-state index in [4.69, 9.17) is 21.1 Å². The number of halogens is 1. The maximum absolute atomic E-state index is 12.3. The molecule has 1 N–H and O–H groups in total. The fourth-order valence-electron chi connectivity index (χ4n) is 2.76. The van der Waals surface area contributed by atoms with Gasteiger partial charge >= 0.3 is 0 Å². The van der Waals surface area contributed by atoms with E-state index in [1.54, 1.807) is 48.8 Å². The van der Waals surface area contributed by atoms with Crippen molar-refractivity contribution in [3.63, 3.8) is 0 Å². The van der Waals surface area contributed by atoms with Gasteiger partial charge in [0, 0.05) is 5.56 Å².